The van der Waals surface area contributed by atoms with E-state index in [1.54, 1.807) is 32.4 Å². The molecule has 24 heavy (non-hydrogen) atoms. The van der Waals surface area contributed by atoms with Gasteiger partial charge in [-0.3, -0.25) is 9.59 Å². The zero-order valence-corrected chi connectivity index (χ0v) is 14.2. The molecule has 2 aliphatic rings. The summed E-state index contributed by atoms with van der Waals surface area (Å²) in [6.45, 7) is 1.32. The second-order valence-electron chi connectivity index (χ2n) is 6.52. The number of carbonyl (C=O) groups is 2. The van der Waals surface area contributed by atoms with Crippen LogP contribution < -0.4 is 14.8 Å². The summed E-state index contributed by atoms with van der Waals surface area (Å²) in [5, 5.41) is 3.01. The molecule has 1 aliphatic heterocycles. The number of nitrogens with one attached hydrogen (secondary N) is 1. The Balaban J connectivity index is 1.58. The molecule has 0 aromatic heterocycles. The van der Waals surface area contributed by atoms with Crippen molar-refractivity contribution in [1.82, 2.24) is 10.2 Å². The summed E-state index contributed by atoms with van der Waals surface area (Å²) in [6, 6.07) is 5.58. The average molecular weight is 332 g/mol. The standard InChI is InChI=1S/C18H24N2O4/c1-23-15-6-3-13(10-16(15)24-2)18(22)20-8-7-12(11-20)9-17(21)19-14-4-5-14/h3,6,10,12,14H,4-5,7-9,11H2,1-2H3,(H,19,21). The molecule has 1 saturated carbocycles. The van der Waals surface area contributed by atoms with Gasteiger partial charge in [-0.1, -0.05) is 0 Å². The van der Waals surface area contributed by atoms with Gasteiger partial charge in [0.05, 0.1) is 14.2 Å². The number of carbonyl (C=O) groups excluding carboxylic acids is 2. The van der Waals surface area contributed by atoms with Crippen LogP contribution in [0.4, 0.5) is 0 Å². The highest BCUT2D eigenvalue weighted by Gasteiger charge is 2.30. The highest BCUT2D eigenvalue weighted by atomic mass is 16.5. The number of methoxy groups -OCH3 is 2. The SMILES string of the molecule is COc1ccc(C(=O)N2CCC(CC(=O)NC3CC3)C2)cc1OC. The zero-order chi connectivity index (χ0) is 17.1. The largest absolute Gasteiger partial charge is 0.493 e. The van der Waals surface area contributed by atoms with Crippen LogP contribution in [0.25, 0.3) is 0 Å². The number of rotatable bonds is 6. The minimum absolute atomic E-state index is 0.0268. The molecular weight excluding hydrogens is 308 g/mol. The van der Waals surface area contributed by atoms with E-state index in [0.717, 1.165) is 19.3 Å². The van der Waals surface area contributed by atoms with Crippen molar-refractivity contribution in [3.8, 4) is 11.5 Å². The molecule has 1 aromatic carbocycles. The van der Waals surface area contributed by atoms with Gasteiger partial charge in [0.2, 0.25) is 5.91 Å². The maximum absolute atomic E-state index is 12.7. The van der Waals surface area contributed by atoms with Crippen molar-refractivity contribution in [3.63, 3.8) is 0 Å². The molecule has 0 radical (unpaired) electrons. The van der Waals surface area contributed by atoms with Crippen LogP contribution in [-0.2, 0) is 4.79 Å². The normalized spacial score (nSPS) is 19.9. The Morgan fingerprint density at radius 1 is 1.17 bits per heavy atom. The summed E-state index contributed by atoms with van der Waals surface area (Å²) in [5.41, 5.74) is 0.579. The van der Waals surface area contributed by atoms with Crippen LogP contribution in [0, 0.1) is 5.92 Å². The van der Waals surface area contributed by atoms with Crippen molar-refractivity contribution in [1.29, 1.82) is 0 Å². The molecule has 0 spiro atoms. The Labute approximate surface area is 142 Å². The quantitative estimate of drug-likeness (QED) is 0.863. The van der Waals surface area contributed by atoms with Crippen LogP contribution in [0.1, 0.15) is 36.0 Å². The van der Waals surface area contributed by atoms with Gasteiger partial charge >= 0.3 is 0 Å². The Bertz CT molecular complexity index is 627. The van der Waals surface area contributed by atoms with Gasteiger partial charge in [-0.05, 0) is 43.4 Å². The first-order valence-electron chi connectivity index (χ1n) is 8.41. The first-order chi connectivity index (χ1) is 11.6. The summed E-state index contributed by atoms with van der Waals surface area (Å²) in [5.74, 6) is 1.48. The molecule has 2 fully saturated rings. The number of nitrogens with zero attached hydrogens (tertiary/aromatic N) is 1. The van der Waals surface area contributed by atoms with Gasteiger partial charge in [0.25, 0.3) is 5.91 Å². The van der Waals surface area contributed by atoms with E-state index in [9.17, 15) is 9.59 Å². The fourth-order valence-corrected chi connectivity index (χ4v) is 3.11. The minimum Gasteiger partial charge on any atom is -0.493 e. The maximum Gasteiger partial charge on any atom is 0.254 e. The van der Waals surface area contributed by atoms with Gasteiger partial charge in [-0.15, -0.1) is 0 Å². The molecule has 130 valence electrons. The predicted octanol–water partition coefficient (Wildman–Crippen LogP) is 1.83. The number of hydrogen-bond donors (Lipinski definition) is 1. The average Bonchev–Trinajstić information content (AvgIpc) is 3.28. The van der Waals surface area contributed by atoms with E-state index in [4.69, 9.17) is 9.47 Å². The molecule has 1 N–H and O–H groups in total. The molecular formula is C18H24N2O4. The van der Waals surface area contributed by atoms with Crippen LogP contribution in [0.5, 0.6) is 11.5 Å². The topological polar surface area (TPSA) is 67.9 Å². The van der Waals surface area contributed by atoms with Gasteiger partial charge in [0.1, 0.15) is 0 Å². The molecule has 1 aliphatic carbocycles. The second kappa shape index (κ2) is 7.11. The highest BCUT2D eigenvalue weighted by Crippen LogP contribution is 2.29. The molecule has 6 heteroatoms. The molecule has 0 bridgehead atoms. The molecule has 1 heterocycles. The van der Waals surface area contributed by atoms with E-state index in [1.165, 1.54) is 0 Å². The van der Waals surface area contributed by atoms with Gasteiger partial charge in [0, 0.05) is 31.1 Å². The molecule has 1 aromatic rings. The Morgan fingerprint density at radius 2 is 1.92 bits per heavy atom. The Kier molecular flexibility index (Phi) is 4.92. The summed E-state index contributed by atoms with van der Waals surface area (Å²) in [6.07, 6.45) is 3.57. The molecule has 1 saturated heterocycles. The molecule has 6 nitrogen and oxygen atoms in total. The van der Waals surface area contributed by atoms with Gasteiger partial charge in [0.15, 0.2) is 11.5 Å². The fraction of sp³-hybridized carbons (Fsp3) is 0.556. The minimum atomic E-state index is -0.0268. The molecule has 1 unspecified atom stereocenters. The zero-order valence-electron chi connectivity index (χ0n) is 14.2. The maximum atomic E-state index is 12.7. The van der Waals surface area contributed by atoms with Crippen LogP contribution in [0.2, 0.25) is 0 Å². The number of benzene rings is 1. The summed E-state index contributed by atoms with van der Waals surface area (Å²) < 4.78 is 10.5. The Morgan fingerprint density at radius 3 is 2.58 bits per heavy atom. The first-order valence-corrected chi connectivity index (χ1v) is 8.41. The van der Waals surface area contributed by atoms with Crippen molar-refractivity contribution in [2.45, 2.75) is 31.7 Å². The molecule has 3 rings (SSSR count). The van der Waals surface area contributed by atoms with Gasteiger partial charge in [-0.25, -0.2) is 0 Å². The smallest absolute Gasteiger partial charge is 0.254 e. The lowest BCUT2D eigenvalue weighted by Crippen LogP contribution is -2.31. The number of hydrogen-bond acceptors (Lipinski definition) is 4. The lowest BCUT2D eigenvalue weighted by molar-refractivity contribution is -0.122. The lowest BCUT2D eigenvalue weighted by atomic mass is 10.0. The Hall–Kier alpha value is -2.24. The fourth-order valence-electron chi connectivity index (χ4n) is 3.11. The third kappa shape index (κ3) is 3.80. The second-order valence-corrected chi connectivity index (χ2v) is 6.52. The number of ether oxygens (including phenoxy) is 2. The predicted molar refractivity (Wildman–Crippen MR) is 89.3 cm³/mol. The third-order valence-corrected chi connectivity index (χ3v) is 4.62. The monoisotopic (exact) mass is 332 g/mol. The van der Waals surface area contributed by atoms with Gasteiger partial charge < -0.3 is 19.7 Å². The first kappa shape index (κ1) is 16.6. The van der Waals surface area contributed by atoms with E-state index >= 15 is 0 Å². The van der Waals surface area contributed by atoms with Crippen molar-refractivity contribution in [2.24, 2.45) is 5.92 Å². The van der Waals surface area contributed by atoms with Crippen molar-refractivity contribution >= 4 is 11.8 Å². The lowest BCUT2D eigenvalue weighted by Gasteiger charge is -2.17. The van der Waals surface area contributed by atoms with Crippen LogP contribution in [-0.4, -0.2) is 50.1 Å². The summed E-state index contributed by atoms with van der Waals surface area (Å²) >= 11 is 0. The van der Waals surface area contributed by atoms with Crippen LogP contribution in [0.15, 0.2) is 18.2 Å². The van der Waals surface area contributed by atoms with Crippen LogP contribution >= 0.6 is 0 Å². The summed E-state index contributed by atoms with van der Waals surface area (Å²) in [7, 11) is 3.12. The summed E-state index contributed by atoms with van der Waals surface area (Å²) in [4.78, 5) is 26.4. The van der Waals surface area contributed by atoms with E-state index in [-0.39, 0.29) is 17.7 Å². The van der Waals surface area contributed by atoms with Gasteiger partial charge in [-0.2, -0.15) is 0 Å². The number of likely N-dealkylation sites (tertiary alicyclic amines) is 1. The van der Waals surface area contributed by atoms with Crippen molar-refractivity contribution in [2.75, 3.05) is 27.3 Å². The molecule has 2 amide bonds. The van der Waals surface area contributed by atoms with E-state index in [2.05, 4.69) is 5.32 Å². The molecule has 1 atom stereocenters. The van der Waals surface area contributed by atoms with Crippen LogP contribution in [0.3, 0.4) is 0 Å². The van der Waals surface area contributed by atoms with E-state index in [0.29, 0.717) is 42.6 Å². The highest BCUT2D eigenvalue weighted by molar-refractivity contribution is 5.95. The van der Waals surface area contributed by atoms with Crippen molar-refractivity contribution in [3.05, 3.63) is 23.8 Å². The van der Waals surface area contributed by atoms with E-state index < -0.39 is 0 Å². The van der Waals surface area contributed by atoms with E-state index in [1.807, 2.05) is 4.90 Å². The third-order valence-electron chi connectivity index (χ3n) is 4.62. The van der Waals surface area contributed by atoms with Crippen molar-refractivity contribution < 1.29 is 19.1 Å². The number of amides is 2.